The monoisotopic (exact) mass is 207 g/mol. The van der Waals surface area contributed by atoms with Crippen molar-refractivity contribution in [2.45, 2.75) is 38.1 Å². The van der Waals surface area contributed by atoms with Crippen LogP contribution in [0.1, 0.15) is 32.6 Å². The molecular weight excluding hydrogens is 189 g/mol. The molecule has 2 rings (SSSR count). The van der Waals surface area contributed by atoms with Crippen LogP contribution >= 0.6 is 0 Å². The molecule has 82 valence electrons. The Bertz CT molecular complexity index is 334. The van der Waals surface area contributed by atoms with Gasteiger partial charge in [-0.25, -0.2) is 4.39 Å². The Morgan fingerprint density at radius 3 is 2.80 bits per heavy atom. The zero-order chi connectivity index (χ0) is 10.9. The molecule has 2 aliphatic rings. The minimum absolute atomic E-state index is 0.0808. The van der Waals surface area contributed by atoms with E-state index in [0.29, 0.717) is 5.92 Å². The Morgan fingerprint density at radius 1 is 1.53 bits per heavy atom. The standard InChI is InChI=1S/C13H18FN/c1-2-4-10-9-11(14)5-6-12(10)13(15)7-3-8-13/h2,4-5,9,12H,3,6-8,15H2,1H3/b4-2-/t12-/m0/s1. The van der Waals surface area contributed by atoms with Gasteiger partial charge in [0.2, 0.25) is 0 Å². The predicted molar refractivity (Wildman–Crippen MR) is 61.0 cm³/mol. The van der Waals surface area contributed by atoms with Crippen LogP contribution in [-0.4, -0.2) is 5.54 Å². The van der Waals surface area contributed by atoms with Crippen LogP contribution in [0, 0.1) is 5.92 Å². The first-order valence-corrected chi connectivity index (χ1v) is 5.64. The van der Waals surface area contributed by atoms with Crippen molar-refractivity contribution in [1.29, 1.82) is 0 Å². The second-order valence-electron chi connectivity index (χ2n) is 4.61. The molecule has 0 spiro atoms. The number of hydrogen-bond donors (Lipinski definition) is 1. The molecule has 0 amide bonds. The van der Waals surface area contributed by atoms with Crippen LogP contribution in [0.15, 0.2) is 35.7 Å². The van der Waals surface area contributed by atoms with Gasteiger partial charge in [0, 0.05) is 11.5 Å². The molecule has 0 saturated heterocycles. The first-order valence-electron chi connectivity index (χ1n) is 5.64. The van der Waals surface area contributed by atoms with Crippen molar-refractivity contribution in [3.05, 3.63) is 35.7 Å². The van der Waals surface area contributed by atoms with Gasteiger partial charge in [0.05, 0.1) is 0 Å². The van der Waals surface area contributed by atoms with Crippen LogP contribution in [0.25, 0.3) is 0 Å². The Morgan fingerprint density at radius 2 is 2.27 bits per heavy atom. The molecule has 0 aromatic rings. The van der Waals surface area contributed by atoms with Gasteiger partial charge in [0.1, 0.15) is 5.83 Å². The third-order valence-electron chi connectivity index (χ3n) is 3.59. The predicted octanol–water partition coefficient (Wildman–Crippen LogP) is 3.24. The third-order valence-corrected chi connectivity index (χ3v) is 3.59. The first-order chi connectivity index (χ1) is 7.15. The van der Waals surface area contributed by atoms with Crippen molar-refractivity contribution in [3.8, 4) is 0 Å². The number of allylic oxidation sites excluding steroid dienone is 5. The minimum Gasteiger partial charge on any atom is -0.325 e. The number of rotatable bonds is 2. The van der Waals surface area contributed by atoms with Crippen LogP contribution in [0.3, 0.4) is 0 Å². The summed E-state index contributed by atoms with van der Waals surface area (Å²) in [6.07, 6.45) is 11.3. The second kappa shape index (κ2) is 3.93. The zero-order valence-electron chi connectivity index (χ0n) is 9.17. The second-order valence-corrected chi connectivity index (χ2v) is 4.61. The molecule has 2 N–H and O–H groups in total. The Hall–Kier alpha value is -0.890. The maximum atomic E-state index is 13.2. The van der Waals surface area contributed by atoms with Gasteiger partial charge in [-0.2, -0.15) is 0 Å². The van der Waals surface area contributed by atoms with Crippen molar-refractivity contribution >= 4 is 0 Å². The molecule has 0 unspecified atom stereocenters. The summed E-state index contributed by atoms with van der Waals surface area (Å²) in [7, 11) is 0. The lowest BCUT2D eigenvalue weighted by Crippen LogP contribution is -2.53. The fraction of sp³-hybridized carbons (Fsp3) is 0.538. The van der Waals surface area contributed by atoms with E-state index in [0.717, 1.165) is 24.8 Å². The van der Waals surface area contributed by atoms with Crippen molar-refractivity contribution in [2.24, 2.45) is 11.7 Å². The van der Waals surface area contributed by atoms with E-state index in [4.69, 9.17) is 5.73 Å². The lowest BCUT2D eigenvalue weighted by atomic mass is 9.64. The largest absolute Gasteiger partial charge is 0.325 e. The molecule has 0 aliphatic heterocycles. The molecule has 1 atom stereocenters. The van der Waals surface area contributed by atoms with E-state index >= 15 is 0 Å². The maximum Gasteiger partial charge on any atom is 0.119 e. The summed E-state index contributed by atoms with van der Waals surface area (Å²) in [5.74, 6) is 0.184. The topological polar surface area (TPSA) is 26.0 Å². The van der Waals surface area contributed by atoms with Crippen LogP contribution in [0.2, 0.25) is 0 Å². The van der Waals surface area contributed by atoms with Gasteiger partial charge in [-0.15, -0.1) is 0 Å². The van der Waals surface area contributed by atoms with Gasteiger partial charge >= 0.3 is 0 Å². The van der Waals surface area contributed by atoms with Crippen molar-refractivity contribution in [2.75, 3.05) is 0 Å². The van der Waals surface area contributed by atoms with Crippen molar-refractivity contribution in [3.63, 3.8) is 0 Å². The van der Waals surface area contributed by atoms with Crippen molar-refractivity contribution in [1.82, 2.24) is 0 Å². The lowest BCUT2D eigenvalue weighted by Gasteiger charge is -2.46. The smallest absolute Gasteiger partial charge is 0.119 e. The normalized spacial score (nSPS) is 29.7. The molecular formula is C13H18FN. The van der Waals surface area contributed by atoms with Crippen LogP contribution in [-0.2, 0) is 0 Å². The summed E-state index contributed by atoms with van der Waals surface area (Å²) in [6, 6.07) is 0. The molecule has 0 bridgehead atoms. The van der Waals surface area contributed by atoms with Gasteiger partial charge in [-0.05, 0) is 50.3 Å². The highest BCUT2D eigenvalue weighted by molar-refractivity contribution is 5.36. The molecule has 0 aromatic heterocycles. The van der Waals surface area contributed by atoms with E-state index in [-0.39, 0.29) is 11.4 Å². The molecule has 15 heavy (non-hydrogen) atoms. The molecule has 0 radical (unpaired) electrons. The zero-order valence-corrected chi connectivity index (χ0v) is 9.17. The van der Waals surface area contributed by atoms with E-state index in [2.05, 4.69) is 0 Å². The van der Waals surface area contributed by atoms with Gasteiger partial charge in [-0.1, -0.05) is 12.2 Å². The minimum atomic E-state index is -0.123. The molecule has 1 fully saturated rings. The van der Waals surface area contributed by atoms with Gasteiger partial charge in [0.15, 0.2) is 0 Å². The summed E-state index contributed by atoms with van der Waals surface area (Å²) in [5.41, 5.74) is 7.29. The summed E-state index contributed by atoms with van der Waals surface area (Å²) in [5, 5.41) is 0. The number of nitrogens with two attached hydrogens (primary N) is 1. The van der Waals surface area contributed by atoms with Gasteiger partial charge in [-0.3, -0.25) is 0 Å². The SMILES string of the molecule is C/C=C\C1=CC(F)=CC[C@@H]1C1(N)CCC1. The van der Waals surface area contributed by atoms with Crippen LogP contribution in [0.4, 0.5) is 4.39 Å². The molecule has 2 heteroatoms. The molecule has 1 saturated carbocycles. The highest BCUT2D eigenvalue weighted by atomic mass is 19.1. The average molecular weight is 207 g/mol. The highest BCUT2D eigenvalue weighted by Crippen LogP contribution is 2.43. The first kappa shape index (κ1) is 10.6. The molecule has 0 aromatic carbocycles. The third kappa shape index (κ3) is 1.91. The van der Waals surface area contributed by atoms with Gasteiger partial charge in [0.25, 0.3) is 0 Å². The summed E-state index contributed by atoms with van der Waals surface area (Å²) in [6.45, 7) is 1.96. The number of hydrogen-bond acceptors (Lipinski definition) is 1. The molecule has 0 heterocycles. The maximum absolute atomic E-state index is 13.2. The lowest BCUT2D eigenvalue weighted by molar-refractivity contribution is 0.177. The van der Waals surface area contributed by atoms with E-state index < -0.39 is 0 Å². The van der Waals surface area contributed by atoms with E-state index in [1.165, 1.54) is 6.42 Å². The fourth-order valence-corrected chi connectivity index (χ4v) is 2.54. The van der Waals surface area contributed by atoms with E-state index in [9.17, 15) is 4.39 Å². The van der Waals surface area contributed by atoms with Crippen LogP contribution in [0.5, 0.6) is 0 Å². The number of halogens is 1. The summed E-state index contributed by atoms with van der Waals surface area (Å²) >= 11 is 0. The van der Waals surface area contributed by atoms with Gasteiger partial charge < -0.3 is 5.73 Å². The van der Waals surface area contributed by atoms with Crippen LogP contribution < -0.4 is 5.73 Å². The molecule has 2 aliphatic carbocycles. The summed E-state index contributed by atoms with van der Waals surface area (Å²) in [4.78, 5) is 0. The summed E-state index contributed by atoms with van der Waals surface area (Å²) < 4.78 is 13.2. The Kier molecular flexibility index (Phi) is 2.79. The van der Waals surface area contributed by atoms with Crippen molar-refractivity contribution < 1.29 is 4.39 Å². The Labute approximate surface area is 90.5 Å². The average Bonchev–Trinajstić information content (AvgIpc) is 2.15. The fourth-order valence-electron chi connectivity index (χ4n) is 2.54. The van der Waals surface area contributed by atoms with E-state index in [1.807, 2.05) is 19.1 Å². The quantitative estimate of drug-likeness (QED) is 0.739. The molecule has 1 nitrogen and oxygen atoms in total. The van der Waals surface area contributed by atoms with E-state index in [1.54, 1.807) is 12.2 Å². The Balaban J connectivity index is 2.22. The highest BCUT2D eigenvalue weighted by Gasteiger charge is 2.41.